The van der Waals surface area contributed by atoms with Crippen molar-refractivity contribution in [1.29, 1.82) is 0 Å². The molecule has 1 saturated heterocycles. The molecule has 12 heteroatoms. The molecule has 5 rings (SSSR count). The third-order valence-corrected chi connectivity index (χ3v) is 6.12. The lowest BCUT2D eigenvalue weighted by molar-refractivity contribution is 0.0256. The standard InChI is InChI=1S/C24H24F3N7O2/c1-31(2)23-10-21(32(3)30-23)19-9-22(18(27)11-28-19)36-17-12-33(13-17)24(35)34-20(4-5-29-34)14-6-15(25)8-16(26)7-14/h5-11,17,20H,4,12-13H2,1-3H3/t20-/m0/s1. The molecule has 0 unspecified atom stereocenters. The van der Waals surface area contributed by atoms with Crippen molar-refractivity contribution < 1.29 is 22.7 Å². The largest absolute Gasteiger partial charge is 0.483 e. The van der Waals surface area contributed by atoms with E-state index in [1.165, 1.54) is 34.3 Å². The summed E-state index contributed by atoms with van der Waals surface area (Å²) < 4.78 is 49.3. The van der Waals surface area contributed by atoms with E-state index in [1.54, 1.807) is 11.7 Å². The molecule has 0 bridgehead atoms. The van der Waals surface area contributed by atoms with Gasteiger partial charge in [-0.3, -0.25) is 9.67 Å². The van der Waals surface area contributed by atoms with Crippen molar-refractivity contribution in [2.24, 2.45) is 12.1 Å². The van der Waals surface area contributed by atoms with Crippen molar-refractivity contribution in [3.05, 3.63) is 59.5 Å². The fourth-order valence-corrected chi connectivity index (χ4v) is 4.20. The fraction of sp³-hybridized carbons (Fsp3) is 0.333. The summed E-state index contributed by atoms with van der Waals surface area (Å²) in [7, 11) is 5.51. The molecule has 2 amide bonds. The Hall–Kier alpha value is -4.09. The second-order valence-corrected chi connectivity index (χ2v) is 8.93. The Morgan fingerprint density at radius 1 is 1.08 bits per heavy atom. The highest BCUT2D eigenvalue weighted by atomic mass is 19.1. The van der Waals surface area contributed by atoms with Crippen LogP contribution in [0.5, 0.6) is 5.75 Å². The number of hydrogen-bond donors (Lipinski definition) is 0. The van der Waals surface area contributed by atoms with Gasteiger partial charge in [0, 0.05) is 52.0 Å². The van der Waals surface area contributed by atoms with Gasteiger partial charge in [-0.2, -0.15) is 10.2 Å². The molecular weight excluding hydrogens is 475 g/mol. The molecule has 2 aliphatic rings. The van der Waals surface area contributed by atoms with Gasteiger partial charge >= 0.3 is 6.03 Å². The molecule has 1 aromatic carbocycles. The van der Waals surface area contributed by atoms with Gasteiger partial charge in [0.1, 0.15) is 17.7 Å². The van der Waals surface area contributed by atoms with E-state index >= 15 is 0 Å². The first kappa shape index (κ1) is 23.6. The van der Waals surface area contributed by atoms with Gasteiger partial charge in [-0.15, -0.1) is 0 Å². The molecule has 3 aromatic rings. The smallest absolute Gasteiger partial charge is 0.341 e. The Bertz CT molecular complexity index is 1320. The Morgan fingerprint density at radius 2 is 1.81 bits per heavy atom. The molecule has 1 atom stereocenters. The van der Waals surface area contributed by atoms with Crippen molar-refractivity contribution in [2.75, 3.05) is 32.1 Å². The summed E-state index contributed by atoms with van der Waals surface area (Å²) in [5, 5.41) is 9.70. The van der Waals surface area contributed by atoms with Crippen LogP contribution in [0.1, 0.15) is 18.0 Å². The number of nitrogens with zero attached hydrogens (tertiary/aromatic N) is 7. The van der Waals surface area contributed by atoms with Gasteiger partial charge in [-0.25, -0.2) is 23.0 Å². The Kier molecular flexibility index (Phi) is 6.02. The number of halogens is 3. The zero-order chi connectivity index (χ0) is 25.6. The highest BCUT2D eigenvalue weighted by Crippen LogP contribution is 2.32. The minimum absolute atomic E-state index is 0.0250. The number of carbonyl (C=O) groups is 1. The van der Waals surface area contributed by atoms with Crippen molar-refractivity contribution in [2.45, 2.75) is 18.6 Å². The van der Waals surface area contributed by atoms with Crippen LogP contribution in [-0.2, 0) is 7.05 Å². The van der Waals surface area contributed by atoms with Crippen LogP contribution in [0, 0.1) is 17.5 Å². The lowest BCUT2D eigenvalue weighted by Crippen LogP contribution is -2.58. The molecule has 188 valence electrons. The van der Waals surface area contributed by atoms with Crippen LogP contribution in [0.4, 0.5) is 23.8 Å². The minimum Gasteiger partial charge on any atom is -0.483 e. The number of amides is 2. The second-order valence-electron chi connectivity index (χ2n) is 8.93. The first-order chi connectivity index (χ1) is 17.2. The van der Waals surface area contributed by atoms with Gasteiger partial charge in [0.25, 0.3) is 0 Å². The van der Waals surface area contributed by atoms with Gasteiger partial charge in [-0.1, -0.05) is 0 Å². The third kappa shape index (κ3) is 4.45. The molecule has 2 aliphatic heterocycles. The Balaban J connectivity index is 1.24. The summed E-state index contributed by atoms with van der Waals surface area (Å²) in [5.74, 6) is -1.29. The van der Waals surface area contributed by atoms with Crippen LogP contribution in [0.2, 0.25) is 0 Å². The van der Waals surface area contributed by atoms with Crippen molar-refractivity contribution >= 4 is 18.1 Å². The molecule has 2 aromatic heterocycles. The minimum atomic E-state index is -0.718. The highest BCUT2D eigenvalue weighted by Gasteiger charge is 2.39. The number of rotatable bonds is 5. The van der Waals surface area contributed by atoms with Gasteiger partial charge < -0.3 is 14.5 Å². The topological polar surface area (TPSA) is 79.1 Å². The molecule has 0 aliphatic carbocycles. The normalized spacial score (nSPS) is 17.4. The van der Waals surface area contributed by atoms with E-state index in [2.05, 4.69) is 15.2 Å². The Labute approximate surface area is 205 Å². The molecule has 0 spiro atoms. The lowest BCUT2D eigenvalue weighted by atomic mass is 10.0. The molecule has 36 heavy (non-hydrogen) atoms. The molecule has 0 saturated carbocycles. The van der Waals surface area contributed by atoms with E-state index in [9.17, 15) is 18.0 Å². The number of hydrogen-bond acceptors (Lipinski definition) is 6. The summed E-state index contributed by atoms with van der Waals surface area (Å²) in [4.78, 5) is 20.5. The average molecular weight is 499 g/mol. The fourth-order valence-electron chi connectivity index (χ4n) is 4.20. The number of benzene rings is 1. The van der Waals surface area contributed by atoms with E-state index in [0.717, 1.165) is 18.1 Å². The molecular formula is C24H24F3N7O2. The number of anilines is 1. The molecule has 0 N–H and O–H groups in total. The molecule has 9 nitrogen and oxygen atoms in total. The van der Waals surface area contributed by atoms with Crippen LogP contribution >= 0.6 is 0 Å². The van der Waals surface area contributed by atoms with Crippen LogP contribution in [0.15, 0.2) is 41.6 Å². The molecule has 4 heterocycles. The van der Waals surface area contributed by atoms with Crippen molar-refractivity contribution in [1.82, 2.24) is 24.7 Å². The summed E-state index contributed by atoms with van der Waals surface area (Å²) in [5.41, 5.74) is 1.52. The Morgan fingerprint density at radius 3 is 2.47 bits per heavy atom. The predicted molar refractivity (Wildman–Crippen MR) is 126 cm³/mol. The summed E-state index contributed by atoms with van der Waals surface area (Å²) in [6, 6.07) is 5.49. The zero-order valence-corrected chi connectivity index (χ0v) is 19.9. The number of pyridine rings is 1. The average Bonchev–Trinajstić information content (AvgIpc) is 3.43. The third-order valence-electron chi connectivity index (χ3n) is 6.12. The first-order valence-corrected chi connectivity index (χ1v) is 11.3. The van der Waals surface area contributed by atoms with E-state index in [0.29, 0.717) is 23.4 Å². The number of aromatic nitrogens is 3. The van der Waals surface area contributed by atoms with E-state index in [1.807, 2.05) is 25.1 Å². The number of ether oxygens (including phenoxy) is 1. The summed E-state index contributed by atoms with van der Waals surface area (Å²) in [6.45, 7) is 0.422. The first-order valence-electron chi connectivity index (χ1n) is 11.3. The summed E-state index contributed by atoms with van der Waals surface area (Å²) in [6.07, 6.45) is 2.54. The maximum atomic E-state index is 14.5. The van der Waals surface area contributed by atoms with Crippen LogP contribution in [0.3, 0.4) is 0 Å². The van der Waals surface area contributed by atoms with Gasteiger partial charge in [0.05, 0.1) is 36.7 Å². The SMILES string of the molecule is CN(C)c1cc(-c2cc(OC3CN(C(=O)N4N=CC[C@H]4c4cc(F)cc(F)c4)C3)c(F)cn2)n(C)n1. The van der Waals surface area contributed by atoms with E-state index in [4.69, 9.17) is 4.74 Å². The van der Waals surface area contributed by atoms with Crippen LogP contribution in [-0.4, -0.2) is 70.2 Å². The number of likely N-dealkylation sites (tertiary alicyclic amines) is 1. The van der Waals surface area contributed by atoms with Crippen molar-refractivity contribution in [3.8, 4) is 17.1 Å². The lowest BCUT2D eigenvalue weighted by Gasteiger charge is -2.41. The van der Waals surface area contributed by atoms with Gasteiger partial charge in [0.2, 0.25) is 0 Å². The quantitative estimate of drug-likeness (QED) is 0.536. The zero-order valence-electron chi connectivity index (χ0n) is 19.9. The maximum absolute atomic E-state index is 14.5. The van der Waals surface area contributed by atoms with Crippen LogP contribution < -0.4 is 9.64 Å². The predicted octanol–water partition coefficient (Wildman–Crippen LogP) is 3.58. The van der Waals surface area contributed by atoms with Gasteiger partial charge in [-0.05, 0) is 17.7 Å². The number of carbonyl (C=O) groups excluding carboxylic acids is 1. The number of aryl methyl sites for hydroxylation is 1. The second kappa shape index (κ2) is 9.17. The van der Waals surface area contributed by atoms with E-state index in [-0.39, 0.29) is 18.8 Å². The van der Waals surface area contributed by atoms with E-state index < -0.39 is 35.6 Å². The van der Waals surface area contributed by atoms with Crippen LogP contribution in [0.25, 0.3) is 11.4 Å². The highest BCUT2D eigenvalue weighted by molar-refractivity contribution is 5.79. The maximum Gasteiger partial charge on any atom is 0.341 e. The number of hydrazone groups is 1. The monoisotopic (exact) mass is 499 g/mol. The molecule has 1 fully saturated rings. The van der Waals surface area contributed by atoms with Gasteiger partial charge in [0.15, 0.2) is 17.4 Å². The summed E-state index contributed by atoms with van der Waals surface area (Å²) >= 11 is 0. The molecule has 0 radical (unpaired) electrons. The number of urea groups is 1. The van der Waals surface area contributed by atoms with Crippen molar-refractivity contribution in [3.63, 3.8) is 0 Å².